The SMILES string of the molecule is CC/C=C\C/C=C\C/C=C\C/C=C\C/C=C\C/C=C\CCCCCCC(=O)OCC(O)COP(=O)(O)OCC(O)COP(=O)(O)OCC(COC(=O)CCCCCCCC/C=C\C/C=C\C/C=C\CCCCC)OC(=O)CCCCCCCCC/C=C\C/C=C\C/C=C\CC. The zero-order chi connectivity index (χ0) is 69.5. The fourth-order valence-electron chi connectivity index (χ4n) is 9.06. The highest BCUT2D eigenvalue weighted by Crippen LogP contribution is 2.45. The van der Waals surface area contributed by atoms with E-state index >= 15 is 0 Å². The molecular weight excluding hydrogens is 1240 g/mol. The Bertz CT molecular complexity index is 2310. The van der Waals surface area contributed by atoms with E-state index < -0.39 is 91.5 Å². The van der Waals surface area contributed by atoms with E-state index in [0.717, 1.165) is 186 Å². The Balaban J connectivity index is 4.71. The molecule has 0 aromatic carbocycles. The molecule has 0 aliphatic heterocycles. The maximum absolute atomic E-state index is 13.0. The van der Waals surface area contributed by atoms with Crippen LogP contribution in [0.1, 0.15) is 265 Å². The number of ether oxygens (including phenoxy) is 3. The van der Waals surface area contributed by atoms with Crippen LogP contribution in [0, 0.1) is 0 Å². The van der Waals surface area contributed by atoms with Crippen LogP contribution in [0.4, 0.5) is 0 Å². The monoisotopic (exact) mass is 1370 g/mol. The van der Waals surface area contributed by atoms with Gasteiger partial charge in [-0.1, -0.05) is 250 Å². The number of unbranched alkanes of at least 4 members (excludes halogenated alkanes) is 20. The van der Waals surface area contributed by atoms with E-state index in [9.17, 15) is 43.5 Å². The molecule has 0 bridgehead atoms. The molecule has 0 aliphatic carbocycles. The second-order valence-electron chi connectivity index (χ2n) is 23.6. The van der Waals surface area contributed by atoms with Gasteiger partial charge < -0.3 is 34.2 Å². The lowest BCUT2D eigenvalue weighted by atomic mass is 10.1. The lowest BCUT2D eigenvalue weighted by Gasteiger charge is -2.21. The molecule has 95 heavy (non-hydrogen) atoms. The van der Waals surface area contributed by atoms with Crippen molar-refractivity contribution in [3.05, 3.63) is 146 Å². The van der Waals surface area contributed by atoms with E-state index in [0.29, 0.717) is 19.3 Å². The molecule has 5 unspecified atom stereocenters. The molecule has 0 amide bonds. The highest BCUT2D eigenvalue weighted by atomic mass is 31.2. The lowest BCUT2D eigenvalue weighted by molar-refractivity contribution is -0.161. The molecule has 16 nitrogen and oxygen atoms in total. The minimum atomic E-state index is -4.94. The van der Waals surface area contributed by atoms with Crippen molar-refractivity contribution in [2.24, 2.45) is 0 Å². The number of aliphatic hydroxyl groups excluding tert-OH is 2. The average Bonchev–Trinajstić information content (AvgIpc) is 2.05. The summed E-state index contributed by atoms with van der Waals surface area (Å²) in [7, 11) is -9.81. The van der Waals surface area contributed by atoms with Crippen LogP contribution in [0.25, 0.3) is 0 Å². The molecule has 542 valence electrons. The van der Waals surface area contributed by atoms with E-state index in [1.165, 1.54) is 19.3 Å². The molecule has 18 heteroatoms. The van der Waals surface area contributed by atoms with Gasteiger partial charge in [0.15, 0.2) is 6.10 Å². The van der Waals surface area contributed by atoms with Gasteiger partial charge in [0.2, 0.25) is 0 Å². The summed E-state index contributed by atoms with van der Waals surface area (Å²) >= 11 is 0. The molecule has 0 aromatic rings. The van der Waals surface area contributed by atoms with Crippen molar-refractivity contribution in [3.63, 3.8) is 0 Å². The Kier molecular flexibility index (Phi) is 66.0. The van der Waals surface area contributed by atoms with Crippen molar-refractivity contribution in [2.45, 2.75) is 283 Å². The number of phosphoric acid groups is 2. The van der Waals surface area contributed by atoms with Gasteiger partial charge in [-0.2, -0.15) is 0 Å². The Morgan fingerprint density at radius 2 is 0.558 bits per heavy atom. The van der Waals surface area contributed by atoms with Gasteiger partial charge in [-0.05, 0) is 141 Å². The molecule has 0 fully saturated rings. The van der Waals surface area contributed by atoms with Crippen molar-refractivity contribution in [3.8, 4) is 0 Å². The maximum Gasteiger partial charge on any atom is 0.472 e. The predicted octanol–water partition coefficient (Wildman–Crippen LogP) is 20.5. The number of allylic oxidation sites excluding steroid dienone is 24. The number of carbonyl (C=O) groups excluding carboxylic acids is 3. The number of hydrogen-bond donors (Lipinski definition) is 4. The van der Waals surface area contributed by atoms with Gasteiger partial charge >= 0.3 is 33.6 Å². The first-order chi connectivity index (χ1) is 46.2. The third kappa shape index (κ3) is 70.6. The summed E-state index contributed by atoms with van der Waals surface area (Å²) in [6.45, 7) is 2.35. The lowest BCUT2D eigenvalue weighted by Crippen LogP contribution is -2.30. The van der Waals surface area contributed by atoms with Gasteiger partial charge in [0.25, 0.3) is 0 Å². The smallest absolute Gasteiger partial charge is 0.463 e. The van der Waals surface area contributed by atoms with Crippen LogP contribution >= 0.6 is 15.6 Å². The van der Waals surface area contributed by atoms with Crippen LogP contribution in [0.2, 0.25) is 0 Å². The summed E-state index contributed by atoms with van der Waals surface area (Å²) < 4.78 is 61.0. The molecule has 0 aromatic heterocycles. The van der Waals surface area contributed by atoms with E-state index in [1.807, 2.05) is 0 Å². The molecule has 0 rings (SSSR count). The third-order valence-electron chi connectivity index (χ3n) is 14.5. The highest BCUT2D eigenvalue weighted by Gasteiger charge is 2.29. The van der Waals surface area contributed by atoms with Crippen molar-refractivity contribution in [1.82, 2.24) is 0 Å². The Hall–Kier alpha value is -4.57. The van der Waals surface area contributed by atoms with Gasteiger partial charge in [-0.3, -0.25) is 32.5 Å². The van der Waals surface area contributed by atoms with E-state index in [4.69, 9.17) is 32.3 Å². The summed E-state index contributed by atoms with van der Waals surface area (Å²) in [6.07, 6.45) is 83.1. The standard InChI is InChI=1S/C77H128O16P2/c1-4-7-10-13-16-19-22-25-28-31-33-34-35-36-38-41-42-45-48-51-54-57-60-63-75(80)87-66-72(78)67-89-94(83,84)90-68-73(79)69-91-95(85,86)92-71-74(93-77(82)65-62-59-56-53-50-47-44-39-30-27-24-21-18-15-12-9-6-3)70-88-76(81)64-61-58-55-52-49-46-43-40-37-32-29-26-23-20-17-14-11-8-5-2/h7,9-10,12,16-21,25-30,33-34,36-38,40,42,45,72-74,78-79H,4-6,8,11,13-15,22-24,31-32,35,39,41,43-44,46-71H2,1-3H3,(H,83,84)(H,85,86)/b10-7-,12-9-,19-16-,20-17-,21-18-,28-25-,29-26-,30-27-,34-33-,38-36-,40-37-,45-42-. The second kappa shape index (κ2) is 69.3. The van der Waals surface area contributed by atoms with Gasteiger partial charge in [-0.15, -0.1) is 0 Å². The molecule has 0 radical (unpaired) electrons. The number of carbonyl (C=O) groups is 3. The number of phosphoric ester groups is 2. The largest absolute Gasteiger partial charge is 0.472 e. The normalized spacial score (nSPS) is 15.0. The number of aliphatic hydroxyl groups is 2. The average molecular weight is 1370 g/mol. The third-order valence-corrected chi connectivity index (χ3v) is 16.4. The van der Waals surface area contributed by atoms with Crippen LogP contribution in [0.5, 0.6) is 0 Å². The van der Waals surface area contributed by atoms with Crippen LogP contribution in [0.15, 0.2) is 146 Å². The first kappa shape index (κ1) is 90.4. The summed E-state index contributed by atoms with van der Waals surface area (Å²) in [5.74, 6) is -1.63. The van der Waals surface area contributed by atoms with Gasteiger partial charge in [0.1, 0.15) is 25.4 Å². The summed E-state index contributed by atoms with van der Waals surface area (Å²) in [6, 6.07) is 0. The molecule has 0 saturated carbocycles. The van der Waals surface area contributed by atoms with Crippen LogP contribution in [0.3, 0.4) is 0 Å². The van der Waals surface area contributed by atoms with E-state index in [-0.39, 0.29) is 19.3 Å². The molecular formula is C77H128O16P2. The van der Waals surface area contributed by atoms with Crippen LogP contribution < -0.4 is 0 Å². The first-order valence-electron chi connectivity index (χ1n) is 36.1. The van der Waals surface area contributed by atoms with Crippen molar-refractivity contribution in [2.75, 3.05) is 39.6 Å². The maximum atomic E-state index is 13.0. The van der Waals surface area contributed by atoms with Crippen molar-refractivity contribution in [1.29, 1.82) is 0 Å². The van der Waals surface area contributed by atoms with Gasteiger partial charge in [-0.25, -0.2) is 9.13 Å². The summed E-state index contributed by atoms with van der Waals surface area (Å²) in [5, 5.41) is 20.6. The topological polar surface area (TPSA) is 231 Å². The molecule has 0 heterocycles. The Labute approximate surface area is 575 Å². The fraction of sp³-hybridized carbons (Fsp3) is 0.649. The molecule has 4 N–H and O–H groups in total. The number of esters is 3. The fourth-order valence-corrected chi connectivity index (χ4v) is 10.6. The van der Waals surface area contributed by atoms with Crippen LogP contribution in [-0.4, -0.2) is 95.9 Å². The van der Waals surface area contributed by atoms with E-state index in [2.05, 4.69) is 167 Å². The number of hydrogen-bond acceptors (Lipinski definition) is 14. The summed E-state index contributed by atoms with van der Waals surface area (Å²) in [5.41, 5.74) is 0. The van der Waals surface area contributed by atoms with E-state index in [1.54, 1.807) is 0 Å². The zero-order valence-electron chi connectivity index (χ0n) is 58.8. The Morgan fingerprint density at radius 1 is 0.305 bits per heavy atom. The minimum absolute atomic E-state index is 0.0853. The number of rotatable bonds is 67. The zero-order valence-corrected chi connectivity index (χ0v) is 60.6. The highest BCUT2D eigenvalue weighted by molar-refractivity contribution is 7.47. The van der Waals surface area contributed by atoms with Gasteiger partial charge in [0, 0.05) is 19.3 Å². The molecule has 0 saturated heterocycles. The quantitative estimate of drug-likeness (QED) is 0.0146. The molecule has 0 aliphatic rings. The second-order valence-corrected chi connectivity index (χ2v) is 26.5. The minimum Gasteiger partial charge on any atom is -0.463 e. The molecule has 5 atom stereocenters. The van der Waals surface area contributed by atoms with Crippen molar-refractivity contribution >= 4 is 33.6 Å². The van der Waals surface area contributed by atoms with Crippen LogP contribution in [-0.2, 0) is 55.8 Å². The first-order valence-corrected chi connectivity index (χ1v) is 39.1. The van der Waals surface area contributed by atoms with Gasteiger partial charge in [0.05, 0.1) is 26.4 Å². The summed E-state index contributed by atoms with van der Waals surface area (Å²) in [4.78, 5) is 58.5. The Morgan fingerprint density at radius 3 is 0.884 bits per heavy atom. The van der Waals surface area contributed by atoms with Crippen molar-refractivity contribution < 1.29 is 75.8 Å². The predicted molar refractivity (Wildman–Crippen MR) is 389 cm³/mol. The molecule has 0 spiro atoms.